The smallest absolute Gasteiger partial charge is 0.300 e. The Morgan fingerprint density at radius 3 is 2.80 bits per heavy atom. The number of nitrogens with zero attached hydrogens (tertiary/aromatic N) is 6. The van der Waals surface area contributed by atoms with E-state index in [0.29, 0.717) is 73.4 Å². The normalized spacial score (nSPS) is 19.5. The minimum absolute atomic E-state index is 0.129. The van der Waals surface area contributed by atoms with Crippen LogP contribution in [0.4, 0.5) is 17.5 Å². The van der Waals surface area contributed by atoms with Crippen molar-refractivity contribution in [1.29, 1.82) is 0 Å². The van der Waals surface area contributed by atoms with Gasteiger partial charge in [0.15, 0.2) is 17.1 Å². The zero-order chi connectivity index (χ0) is 27.1. The van der Waals surface area contributed by atoms with Crippen LogP contribution in [0.25, 0.3) is 22.7 Å². The third-order valence-electron chi connectivity index (χ3n) is 7.47. The van der Waals surface area contributed by atoms with Crippen molar-refractivity contribution >= 4 is 34.7 Å². The summed E-state index contributed by atoms with van der Waals surface area (Å²) >= 11 is 0. The Hall–Kier alpha value is -4.03. The molecule has 2 aliphatic heterocycles. The van der Waals surface area contributed by atoms with Gasteiger partial charge in [-0.15, -0.1) is 0 Å². The number of ether oxygens (including phenoxy) is 2. The quantitative estimate of drug-likeness (QED) is 0.348. The van der Waals surface area contributed by atoms with Gasteiger partial charge in [-0.2, -0.15) is 4.98 Å². The van der Waals surface area contributed by atoms with Gasteiger partial charge in [-0.05, 0) is 44.2 Å². The lowest BCUT2D eigenvalue weighted by Crippen LogP contribution is -2.36. The van der Waals surface area contributed by atoms with Crippen LogP contribution in [0.5, 0.6) is 0 Å². The number of nitrogens with one attached hydrogen (secondary N) is 1. The molecular weight excluding hydrogens is 514 g/mol. The second-order valence-corrected chi connectivity index (χ2v) is 10.6. The molecule has 3 fully saturated rings. The summed E-state index contributed by atoms with van der Waals surface area (Å²) in [7, 11) is 0. The number of hydrogen-bond acceptors (Lipinski definition) is 11. The summed E-state index contributed by atoms with van der Waals surface area (Å²) in [6.07, 6.45) is 6.58. The molecule has 1 atom stereocenters. The number of pyridine rings is 2. The fourth-order valence-electron chi connectivity index (χ4n) is 5.05. The predicted octanol–water partition coefficient (Wildman–Crippen LogP) is 3.68. The van der Waals surface area contributed by atoms with E-state index >= 15 is 0 Å². The van der Waals surface area contributed by atoms with E-state index in [1.165, 1.54) is 19.1 Å². The van der Waals surface area contributed by atoms with Gasteiger partial charge in [-0.1, -0.05) is 0 Å². The SMILES string of the molecule is Cc1cc(-c2nc(C(=O)Nc3cc4oc(N5CCOCC5)nc4nc3N3CC[C@@H](OCC4CC4)C3)co2)ccn1. The number of anilines is 3. The van der Waals surface area contributed by atoms with Crippen molar-refractivity contribution in [1.82, 2.24) is 19.9 Å². The minimum Gasteiger partial charge on any atom is -0.444 e. The zero-order valence-electron chi connectivity index (χ0n) is 22.3. The van der Waals surface area contributed by atoms with E-state index < -0.39 is 5.91 Å². The molecule has 7 rings (SSSR count). The van der Waals surface area contributed by atoms with E-state index in [2.05, 4.69) is 25.2 Å². The fraction of sp³-hybridized carbons (Fsp3) is 0.464. The van der Waals surface area contributed by atoms with Crippen LogP contribution >= 0.6 is 0 Å². The van der Waals surface area contributed by atoms with Gasteiger partial charge in [0.1, 0.15) is 6.26 Å². The standard InChI is InChI=1S/C28H31N7O5/c1-17-12-19(4-6-29-17)27-31-22(16-39-27)26(36)30-21-13-23-24(33-28(40-23)34-8-10-37-11-9-34)32-25(21)35-7-5-20(14-35)38-15-18-2-3-18/h4,6,12-13,16,18,20H,2-3,5,7-11,14-15H2,1H3,(H,30,36)/t20-/m1/s1. The molecule has 0 spiro atoms. The largest absolute Gasteiger partial charge is 0.444 e. The van der Waals surface area contributed by atoms with Gasteiger partial charge in [-0.25, -0.2) is 9.97 Å². The van der Waals surface area contributed by atoms with Crippen molar-refractivity contribution in [2.24, 2.45) is 5.92 Å². The number of aryl methyl sites for hydroxylation is 1. The summed E-state index contributed by atoms with van der Waals surface area (Å²) in [5, 5.41) is 3.00. The van der Waals surface area contributed by atoms with Crippen LogP contribution in [-0.4, -0.2) is 77.9 Å². The first-order valence-corrected chi connectivity index (χ1v) is 13.8. The summed E-state index contributed by atoms with van der Waals surface area (Å²) in [5.74, 6) is 1.28. The first-order chi connectivity index (χ1) is 19.6. The molecule has 4 aromatic heterocycles. The van der Waals surface area contributed by atoms with Gasteiger partial charge >= 0.3 is 0 Å². The van der Waals surface area contributed by atoms with Crippen LogP contribution in [0.2, 0.25) is 0 Å². The number of rotatable bonds is 8. The number of amides is 1. The Kier molecular flexibility index (Phi) is 6.56. The number of carbonyl (C=O) groups excluding carboxylic acids is 1. The van der Waals surface area contributed by atoms with Crippen LogP contribution in [-0.2, 0) is 9.47 Å². The lowest BCUT2D eigenvalue weighted by Gasteiger charge is -2.24. The third-order valence-corrected chi connectivity index (χ3v) is 7.47. The summed E-state index contributed by atoms with van der Waals surface area (Å²) in [5.41, 5.74) is 3.26. The van der Waals surface area contributed by atoms with Crippen LogP contribution in [0.3, 0.4) is 0 Å². The molecule has 208 valence electrons. The molecule has 12 heteroatoms. The zero-order valence-corrected chi connectivity index (χ0v) is 22.3. The van der Waals surface area contributed by atoms with Gasteiger partial charge in [0.2, 0.25) is 11.5 Å². The summed E-state index contributed by atoms with van der Waals surface area (Å²) in [4.78, 5) is 35.7. The molecule has 2 saturated heterocycles. The highest BCUT2D eigenvalue weighted by molar-refractivity contribution is 6.05. The van der Waals surface area contributed by atoms with Crippen molar-refractivity contribution in [2.45, 2.75) is 32.3 Å². The summed E-state index contributed by atoms with van der Waals surface area (Å²) < 4.78 is 23.3. The molecule has 12 nitrogen and oxygen atoms in total. The molecule has 0 bridgehead atoms. The molecule has 4 aromatic rings. The van der Waals surface area contributed by atoms with E-state index in [1.807, 2.05) is 17.9 Å². The first-order valence-electron chi connectivity index (χ1n) is 13.8. The number of aromatic nitrogens is 4. The van der Waals surface area contributed by atoms with Crippen LogP contribution < -0.4 is 15.1 Å². The molecule has 40 heavy (non-hydrogen) atoms. The lowest BCUT2D eigenvalue weighted by molar-refractivity contribution is 0.0605. The second-order valence-electron chi connectivity index (χ2n) is 10.6. The van der Waals surface area contributed by atoms with Crippen molar-refractivity contribution in [3.63, 3.8) is 0 Å². The molecule has 1 saturated carbocycles. The number of oxazole rings is 2. The van der Waals surface area contributed by atoms with Gasteiger partial charge in [0, 0.05) is 56.3 Å². The fourth-order valence-corrected chi connectivity index (χ4v) is 5.05. The number of morpholine rings is 1. The van der Waals surface area contributed by atoms with Crippen molar-refractivity contribution in [2.75, 3.05) is 61.1 Å². The first kappa shape index (κ1) is 25.0. The maximum Gasteiger partial charge on any atom is 0.300 e. The second kappa shape index (κ2) is 10.5. The Bertz CT molecular complexity index is 1520. The molecule has 6 heterocycles. The molecular formula is C28H31N7O5. The molecule has 0 unspecified atom stereocenters. The number of fused-ring (bicyclic) bond motifs is 1. The summed E-state index contributed by atoms with van der Waals surface area (Å²) in [6, 6.07) is 5.94. The highest BCUT2D eigenvalue weighted by Crippen LogP contribution is 2.34. The molecule has 0 radical (unpaired) electrons. The Morgan fingerprint density at radius 2 is 1.98 bits per heavy atom. The summed E-state index contributed by atoms with van der Waals surface area (Å²) in [6.45, 7) is 6.78. The lowest BCUT2D eigenvalue weighted by atomic mass is 10.2. The van der Waals surface area contributed by atoms with E-state index in [-0.39, 0.29) is 11.8 Å². The number of carbonyl (C=O) groups is 1. The predicted molar refractivity (Wildman–Crippen MR) is 147 cm³/mol. The van der Waals surface area contributed by atoms with Crippen molar-refractivity contribution in [3.8, 4) is 11.5 Å². The Morgan fingerprint density at radius 1 is 1.10 bits per heavy atom. The van der Waals surface area contributed by atoms with Gasteiger partial charge in [0.25, 0.3) is 11.9 Å². The average Bonchev–Trinajstić information content (AvgIpc) is 3.33. The van der Waals surface area contributed by atoms with Gasteiger partial charge in [0.05, 0.1) is 25.0 Å². The van der Waals surface area contributed by atoms with Crippen LogP contribution in [0.15, 0.2) is 39.5 Å². The Balaban J connectivity index is 1.17. The monoisotopic (exact) mass is 545 g/mol. The molecule has 1 amide bonds. The van der Waals surface area contributed by atoms with Gasteiger partial charge < -0.3 is 33.4 Å². The average molecular weight is 546 g/mol. The number of hydrogen-bond donors (Lipinski definition) is 1. The molecule has 3 aliphatic rings. The van der Waals surface area contributed by atoms with Crippen LogP contribution in [0, 0.1) is 12.8 Å². The van der Waals surface area contributed by atoms with Crippen molar-refractivity contribution in [3.05, 3.63) is 42.0 Å². The van der Waals surface area contributed by atoms with Gasteiger partial charge in [-0.3, -0.25) is 9.78 Å². The van der Waals surface area contributed by atoms with E-state index in [1.54, 1.807) is 18.3 Å². The van der Waals surface area contributed by atoms with E-state index in [4.69, 9.17) is 23.3 Å². The highest BCUT2D eigenvalue weighted by atomic mass is 16.5. The molecule has 1 aliphatic carbocycles. The molecule has 1 N–H and O–H groups in total. The van der Waals surface area contributed by atoms with E-state index in [9.17, 15) is 4.79 Å². The van der Waals surface area contributed by atoms with Crippen LogP contribution in [0.1, 0.15) is 35.4 Å². The molecule has 0 aromatic carbocycles. The van der Waals surface area contributed by atoms with Crippen molar-refractivity contribution < 1.29 is 23.1 Å². The highest BCUT2D eigenvalue weighted by Gasteiger charge is 2.30. The maximum absolute atomic E-state index is 13.3. The minimum atomic E-state index is -0.406. The maximum atomic E-state index is 13.3. The third kappa shape index (κ3) is 5.24. The topological polar surface area (TPSA) is 132 Å². The van der Waals surface area contributed by atoms with E-state index in [0.717, 1.165) is 30.8 Å². The Labute approximate surface area is 230 Å².